The first-order valence-corrected chi connectivity index (χ1v) is 10.2. The van der Waals surface area contributed by atoms with Crippen molar-refractivity contribution in [2.75, 3.05) is 7.05 Å². The third kappa shape index (κ3) is 4.28. The first kappa shape index (κ1) is 18.3. The average Bonchev–Trinajstić information content (AvgIpc) is 2.48. The zero-order chi connectivity index (χ0) is 16.2. The van der Waals surface area contributed by atoms with Gasteiger partial charge in [-0.25, -0.2) is 0 Å². The SMILES string of the molecule is CC(C)CC1CCCCC1(CC(C)C)N(C)C1CCCCC1. The summed E-state index contributed by atoms with van der Waals surface area (Å²) in [6.45, 7) is 9.74. The molecule has 0 heterocycles. The zero-order valence-electron chi connectivity index (χ0n) is 16.0. The minimum absolute atomic E-state index is 0.499. The number of nitrogens with zero attached hydrogens (tertiary/aromatic N) is 1. The monoisotopic (exact) mass is 307 g/mol. The lowest BCUT2D eigenvalue weighted by Gasteiger charge is -2.55. The number of rotatable bonds is 6. The van der Waals surface area contributed by atoms with Crippen molar-refractivity contribution < 1.29 is 0 Å². The largest absolute Gasteiger partial charge is 0.297 e. The smallest absolute Gasteiger partial charge is 0.0240 e. The van der Waals surface area contributed by atoms with Gasteiger partial charge in [0.1, 0.15) is 0 Å². The van der Waals surface area contributed by atoms with Gasteiger partial charge in [0.05, 0.1) is 0 Å². The minimum atomic E-state index is 0.499. The van der Waals surface area contributed by atoms with Gasteiger partial charge >= 0.3 is 0 Å². The first-order valence-electron chi connectivity index (χ1n) is 10.2. The Morgan fingerprint density at radius 1 is 0.864 bits per heavy atom. The van der Waals surface area contributed by atoms with Crippen LogP contribution in [0.2, 0.25) is 0 Å². The number of hydrogen-bond donors (Lipinski definition) is 0. The predicted octanol–water partition coefficient (Wildman–Crippen LogP) is 6.27. The Morgan fingerprint density at radius 2 is 1.50 bits per heavy atom. The Kier molecular flexibility index (Phi) is 6.80. The van der Waals surface area contributed by atoms with E-state index in [-0.39, 0.29) is 0 Å². The van der Waals surface area contributed by atoms with Crippen LogP contribution in [0, 0.1) is 17.8 Å². The van der Waals surface area contributed by atoms with E-state index in [0.717, 1.165) is 23.8 Å². The fourth-order valence-corrected chi connectivity index (χ4v) is 5.62. The fraction of sp³-hybridized carbons (Fsp3) is 1.00. The molecule has 0 aromatic heterocycles. The molecule has 0 aromatic rings. The molecule has 0 aliphatic heterocycles. The van der Waals surface area contributed by atoms with Crippen LogP contribution in [0.5, 0.6) is 0 Å². The first-order chi connectivity index (χ1) is 10.5. The van der Waals surface area contributed by atoms with Gasteiger partial charge in [0.2, 0.25) is 0 Å². The molecular weight excluding hydrogens is 266 g/mol. The van der Waals surface area contributed by atoms with Gasteiger partial charge in [-0.3, -0.25) is 4.90 Å². The van der Waals surface area contributed by atoms with Gasteiger partial charge in [-0.1, -0.05) is 59.8 Å². The molecule has 0 N–H and O–H groups in total. The summed E-state index contributed by atoms with van der Waals surface area (Å²) in [4.78, 5) is 2.92. The van der Waals surface area contributed by atoms with E-state index in [9.17, 15) is 0 Å². The molecule has 2 fully saturated rings. The molecule has 2 aliphatic rings. The van der Waals surface area contributed by atoms with Crippen molar-refractivity contribution >= 4 is 0 Å². The maximum Gasteiger partial charge on any atom is 0.0240 e. The second-order valence-electron chi connectivity index (χ2n) is 9.18. The van der Waals surface area contributed by atoms with Gasteiger partial charge in [0.25, 0.3) is 0 Å². The molecule has 130 valence electrons. The summed E-state index contributed by atoms with van der Waals surface area (Å²) in [6.07, 6.45) is 16.0. The molecule has 0 bridgehead atoms. The summed E-state index contributed by atoms with van der Waals surface area (Å²) in [5, 5.41) is 0. The molecule has 0 saturated heterocycles. The molecule has 0 amide bonds. The van der Waals surface area contributed by atoms with Crippen molar-refractivity contribution in [3.8, 4) is 0 Å². The summed E-state index contributed by atoms with van der Waals surface area (Å²) in [6, 6.07) is 0.861. The molecule has 2 rings (SSSR count). The van der Waals surface area contributed by atoms with E-state index in [1.54, 1.807) is 0 Å². The lowest BCUT2D eigenvalue weighted by atomic mass is 9.64. The molecule has 2 saturated carbocycles. The van der Waals surface area contributed by atoms with Crippen LogP contribution in [0.4, 0.5) is 0 Å². The molecule has 1 heteroatoms. The Labute approximate surface area is 140 Å². The van der Waals surface area contributed by atoms with Crippen molar-refractivity contribution in [1.29, 1.82) is 0 Å². The second-order valence-corrected chi connectivity index (χ2v) is 9.18. The highest BCUT2D eigenvalue weighted by Gasteiger charge is 2.46. The van der Waals surface area contributed by atoms with Gasteiger partial charge < -0.3 is 0 Å². The quantitative estimate of drug-likeness (QED) is 0.559. The van der Waals surface area contributed by atoms with Gasteiger partial charge in [0, 0.05) is 11.6 Å². The lowest BCUT2D eigenvalue weighted by molar-refractivity contribution is -0.0417. The predicted molar refractivity (Wildman–Crippen MR) is 98.2 cm³/mol. The van der Waals surface area contributed by atoms with E-state index in [2.05, 4.69) is 39.6 Å². The van der Waals surface area contributed by atoms with E-state index in [1.165, 1.54) is 70.6 Å². The van der Waals surface area contributed by atoms with Gasteiger partial charge in [-0.05, 0) is 63.3 Å². The molecule has 1 nitrogen and oxygen atoms in total. The number of hydrogen-bond acceptors (Lipinski definition) is 1. The van der Waals surface area contributed by atoms with Crippen LogP contribution in [-0.2, 0) is 0 Å². The Bertz CT molecular complexity index is 316. The average molecular weight is 308 g/mol. The van der Waals surface area contributed by atoms with E-state index in [4.69, 9.17) is 0 Å². The normalized spacial score (nSPS) is 31.4. The van der Waals surface area contributed by atoms with Crippen molar-refractivity contribution in [3.63, 3.8) is 0 Å². The lowest BCUT2D eigenvalue weighted by Crippen LogP contribution is -2.58. The Morgan fingerprint density at radius 3 is 2.09 bits per heavy atom. The van der Waals surface area contributed by atoms with Crippen LogP contribution >= 0.6 is 0 Å². The van der Waals surface area contributed by atoms with Gasteiger partial charge in [-0.2, -0.15) is 0 Å². The summed E-state index contributed by atoms with van der Waals surface area (Å²) in [5.41, 5.74) is 0.499. The van der Waals surface area contributed by atoms with Crippen molar-refractivity contribution in [1.82, 2.24) is 4.90 Å². The van der Waals surface area contributed by atoms with E-state index < -0.39 is 0 Å². The highest BCUT2D eigenvalue weighted by molar-refractivity contribution is 5.01. The van der Waals surface area contributed by atoms with Crippen molar-refractivity contribution in [2.45, 2.75) is 110 Å². The van der Waals surface area contributed by atoms with Crippen LogP contribution in [0.25, 0.3) is 0 Å². The summed E-state index contributed by atoms with van der Waals surface area (Å²) < 4.78 is 0. The van der Waals surface area contributed by atoms with Gasteiger partial charge in [-0.15, -0.1) is 0 Å². The van der Waals surface area contributed by atoms with E-state index >= 15 is 0 Å². The van der Waals surface area contributed by atoms with Crippen molar-refractivity contribution in [2.24, 2.45) is 17.8 Å². The maximum absolute atomic E-state index is 2.92. The fourth-order valence-electron chi connectivity index (χ4n) is 5.62. The molecule has 0 spiro atoms. The molecular formula is C21H41N. The molecule has 22 heavy (non-hydrogen) atoms. The maximum atomic E-state index is 2.92. The minimum Gasteiger partial charge on any atom is -0.297 e. The third-order valence-electron chi connectivity index (χ3n) is 6.51. The zero-order valence-corrected chi connectivity index (χ0v) is 16.0. The van der Waals surface area contributed by atoms with E-state index in [0.29, 0.717) is 5.54 Å². The highest BCUT2D eigenvalue weighted by atomic mass is 15.2. The topological polar surface area (TPSA) is 3.24 Å². The van der Waals surface area contributed by atoms with Crippen LogP contribution in [0.15, 0.2) is 0 Å². The standard InChI is InChI=1S/C21H41N/c1-17(2)15-19-11-9-10-14-21(19,16-18(3)4)22(5)20-12-7-6-8-13-20/h17-20H,6-16H2,1-5H3. The van der Waals surface area contributed by atoms with E-state index in [1.807, 2.05) is 0 Å². The van der Waals surface area contributed by atoms with Crippen LogP contribution in [0.1, 0.15) is 98.3 Å². The molecule has 0 aromatic carbocycles. The van der Waals surface area contributed by atoms with Crippen LogP contribution < -0.4 is 0 Å². The molecule has 2 unspecified atom stereocenters. The highest BCUT2D eigenvalue weighted by Crippen LogP contribution is 2.47. The van der Waals surface area contributed by atoms with Crippen molar-refractivity contribution in [3.05, 3.63) is 0 Å². The Balaban J connectivity index is 2.22. The van der Waals surface area contributed by atoms with Crippen LogP contribution in [0.3, 0.4) is 0 Å². The van der Waals surface area contributed by atoms with Crippen LogP contribution in [-0.4, -0.2) is 23.5 Å². The molecule has 2 aliphatic carbocycles. The summed E-state index contributed by atoms with van der Waals surface area (Å²) in [7, 11) is 2.50. The molecule has 2 atom stereocenters. The Hall–Kier alpha value is -0.0400. The summed E-state index contributed by atoms with van der Waals surface area (Å²) in [5.74, 6) is 2.59. The molecule has 0 radical (unpaired) electrons. The second kappa shape index (κ2) is 8.18. The third-order valence-corrected chi connectivity index (χ3v) is 6.51. The van der Waals surface area contributed by atoms with Gasteiger partial charge in [0.15, 0.2) is 0 Å². The summed E-state index contributed by atoms with van der Waals surface area (Å²) >= 11 is 0.